The maximum atomic E-state index is 12.2. The summed E-state index contributed by atoms with van der Waals surface area (Å²) in [6.45, 7) is 0. The van der Waals surface area contributed by atoms with E-state index < -0.39 is 0 Å². The van der Waals surface area contributed by atoms with Crippen molar-refractivity contribution in [3.63, 3.8) is 0 Å². The highest BCUT2D eigenvalue weighted by Gasteiger charge is 2.07. The van der Waals surface area contributed by atoms with Gasteiger partial charge in [-0.3, -0.25) is 4.79 Å². The quantitative estimate of drug-likeness (QED) is 0.752. The van der Waals surface area contributed by atoms with Gasteiger partial charge in [0.1, 0.15) is 5.82 Å². The molecule has 3 heterocycles. The van der Waals surface area contributed by atoms with Crippen LogP contribution in [0.1, 0.15) is 10.4 Å². The fourth-order valence-electron chi connectivity index (χ4n) is 1.94. The van der Waals surface area contributed by atoms with E-state index >= 15 is 0 Å². The minimum atomic E-state index is -0.203. The van der Waals surface area contributed by atoms with Gasteiger partial charge in [0, 0.05) is 18.6 Å². The van der Waals surface area contributed by atoms with Gasteiger partial charge in [-0.2, -0.15) is 0 Å². The number of amides is 1. The molecule has 0 saturated heterocycles. The number of carbonyl (C=O) groups excluding carboxylic acids is 1. The summed E-state index contributed by atoms with van der Waals surface area (Å²) in [5, 5.41) is 3.72. The molecule has 3 rings (SSSR count). The molecule has 110 valence electrons. The number of aromatic nitrogens is 3. The molecule has 22 heavy (non-hydrogen) atoms. The summed E-state index contributed by atoms with van der Waals surface area (Å²) in [5.41, 5.74) is 1.17. The second kappa shape index (κ2) is 6.44. The summed E-state index contributed by atoms with van der Waals surface area (Å²) in [5.74, 6) is 0.567. The molecule has 5 nitrogen and oxygen atoms in total. The SMILES string of the molecule is CSc1ccc(NC(=O)c2ccc(-n3cccc3)nc2)cn1. The van der Waals surface area contributed by atoms with Crippen molar-refractivity contribution in [2.24, 2.45) is 0 Å². The Kier molecular flexibility index (Phi) is 4.20. The number of thioether (sulfide) groups is 1. The fourth-order valence-corrected chi connectivity index (χ4v) is 2.30. The van der Waals surface area contributed by atoms with Gasteiger partial charge in [-0.15, -0.1) is 11.8 Å². The Morgan fingerprint density at radius 3 is 2.50 bits per heavy atom. The van der Waals surface area contributed by atoms with Crippen molar-refractivity contribution in [3.05, 3.63) is 66.7 Å². The maximum Gasteiger partial charge on any atom is 0.257 e. The van der Waals surface area contributed by atoms with Gasteiger partial charge >= 0.3 is 0 Å². The number of nitrogens with zero attached hydrogens (tertiary/aromatic N) is 3. The van der Waals surface area contributed by atoms with Crippen molar-refractivity contribution in [2.45, 2.75) is 5.03 Å². The molecular weight excluding hydrogens is 296 g/mol. The van der Waals surface area contributed by atoms with E-state index in [-0.39, 0.29) is 5.91 Å². The lowest BCUT2D eigenvalue weighted by Crippen LogP contribution is -2.12. The van der Waals surface area contributed by atoms with Gasteiger partial charge in [-0.05, 0) is 42.7 Å². The summed E-state index contributed by atoms with van der Waals surface area (Å²) in [6.07, 6.45) is 8.97. The standard InChI is InChI=1S/C16H14N4OS/c1-22-15-7-5-13(11-18-15)19-16(21)12-4-6-14(17-10-12)20-8-2-3-9-20/h2-11H,1H3,(H,19,21). The van der Waals surface area contributed by atoms with Crippen LogP contribution in [0.25, 0.3) is 5.82 Å². The first-order chi connectivity index (χ1) is 10.8. The molecule has 0 aliphatic heterocycles. The van der Waals surface area contributed by atoms with Crippen LogP contribution in [-0.2, 0) is 0 Å². The van der Waals surface area contributed by atoms with Gasteiger partial charge in [0.15, 0.2) is 0 Å². The smallest absolute Gasteiger partial charge is 0.257 e. The zero-order valence-electron chi connectivity index (χ0n) is 11.9. The zero-order chi connectivity index (χ0) is 15.4. The molecule has 0 aliphatic rings. The Morgan fingerprint density at radius 2 is 1.91 bits per heavy atom. The Labute approximate surface area is 132 Å². The van der Waals surface area contributed by atoms with Crippen LogP contribution in [0.2, 0.25) is 0 Å². The third kappa shape index (κ3) is 3.17. The van der Waals surface area contributed by atoms with Crippen molar-refractivity contribution >= 4 is 23.4 Å². The van der Waals surface area contributed by atoms with Gasteiger partial charge in [0.25, 0.3) is 5.91 Å². The molecule has 0 fully saturated rings. The van der Waals surface area contributed by atoms with Crippen molar-refractivity contribution in [1.29, 1.82) is 0 Å². The van der Waals surface area contributed by atoms with E-state index in [2.05, 4.69) is 15.3 Å². The number of carbonyl (C=O) groups is 1. The van der Waals surface area contributed by atoms with Crippen molar-refractivity contribution in [1.82, 2.24) is 14.5 Å². The molecule has 0 atom stereocenters. The van der Waals surface area contributed by atoms with Gasteiger partial charge in [0.05, 0.1) is 22.5 Å². The highest BCUT2D eigenvalue weighted by atomic mass is 32.2. The van der Waals surface area contributed by atoms with Gasteiger partial charge in [-0.25, -0.2) is 9.97 Å². The van der Waals surface area contributed by atoms with Crippen LogP contribution in [0, 0.1) is 0 Å². The summed E-state index contributed by atoms with van der Waals surface area (Å²) in [4.78, 5) is 20.7. The lowest BCUT2D eigenvalue weighted by Gasteiger charge is -2.06. The third-order valence-electron chi connectivity index (χ3n) is 3.08. The molecule has 6 heteroatoms. The van der Waals surface area contributed by atoms with Gasteiger partial charge < -0.3 is 9.88 Å². The predicted molar refractivity (Wildman–Crippen MR) is 87.5 cm³/mol. The van der Waals surface area contributed by atoms with E-state index in [1.807, 2.05) is 53.5 Å². The number of pyridine rings is 2. The van der Waals surface area contributed by atoms with E-state index in [1.54, 1.807) is 30.2 Å². The van der Waals surface area contributed by atoms with Crippen LogP contribution in [0.15, 0.2) is 66.2 Å². The summed E-state index contributed by atoms with van der Waals surface area (Å²) in [6, 6.07) is 11.1. The maximum absolute atomic E-state index is 12.2. The second-order valence-electron chi connectivity index (χ2n) is 4.54. The molecule has 1 amide bonds. The number of anilines is 1. The lowest BCUT2D eigenvalue weighted by atomic mass is 10.2. The molecule has 0 aromatic carbocycles. The van der Waals surface area contributed by atoms with Crippen LogP contribution in [0.5, 0.6) is 0 Å². The lowest BCUT2D eigenvalue weighted by molar-refractivity contribution is 0.102. The Balaban J connectivity index is 1.71. The number of hydrogen-bond donors (Lipinski definition) is 1. The summed E-state index contributed by atoms with van der Waals surface area (Å²) in [7, 11) is 0. The van der Waals surface area contributed by atoms with Crippen LogP contribution < -0.4 is 5.32 Å². The predicted octanol–water partition coefficient (Wildman–Crippen LogP) is 3.24. The van der Waals surface area contributed by atoms with E-state index in [1.165, 1.54) is 0 Å². The van der Waals surface area contributed by atoms with Crippen LogP contribution in [0.4, 0.5) is 5.69 Å². The fraction of sp³-hybridized carbons (Fsp3) is 0.0625. The summed E-state index contributed by atoms with van der Waals surface area (Å²) < 4.78 is 1.88. The zero-order valence-corrected chi connectivity index (χ0v) is 12.7. The van der Waals surface area contributed by atoms with Gasteiger partial charge in [0.2, 0.25) is 0 Å². The van der Waals surface area contributed by atoms with Crippen LogP contribution in [-0.4, -0.2) is 26.7 Å². The first-order valence-electron chi connectivity index (χ1n) is 6.67. The number of nitrogens with one attached hydrogen (secondary N) is 1. The van der Waals surface area contributed by atoms with E-state index in [0.29, 0.717) is 11.3 Å². The monoisotopic (exact) mass is 310 g/mol. The van der Waals surface area contributed by atoms with E-state index in [4.69, 9.17) is 0 Å². The molecule has 0 saturated carbocycles. The average Bonchev–Trinajstić information content (AvgIpc) is 3.10. The third-order valence-corrected chi connectivity index (χ3v) is 3.74. The average molecular weight is 310 g/mol. The van der Waals surface area contributed by atoms with Gasteiger partial charge in [-0.1, -0.05) is 0 Å². The highest BCUT2D eigenvalue weighted by Crippen LogP contribution is 2.15. The molecule has 0 aliphatic carbocycles. The molecule has 1 N–H and O–H groups in total. The summed E-state index contributed by atoms with van der Waals surface area (Å²) >= 11 is 1.56. The molecular formula is C16H14N4OS. The van der Waals surface area contributed by atoms with E-state index in [9.17, 15) is 4.79 Å². The van der Waals surface area contributed by atoms with Crippen molar-refractivity contribution in [2.75, 3.05) is 11.6 Å². The molecule has 0 spiro atoms. The van der Waals surface area contributed by atoms with Crippen LogP contribution >= 0.6 is 11.8 Å². The Hall–Kier alpha value is -2.60. The second-order valence-corrected chi connectivity index (χ2v) is 5.37. The number of hydrogen-bond acceptors (Lipinski definition) is 4. The largest absolute Gasteiger partial charge is 0.321 e. The Morgan fingerprint density at radius 1 is 1.09 bits per heavy atom. The van der Waals surface area contributed by atoms with Crippen molar-refractivity contribution in [3.8, 4) is 5.82 Å². The minimum absolute atomic E-state index is 0.203. The molecule has 0 unspecified atom stereocenters. The Bertz CT molecular complexity index is 752. The topological polar surface area (TPSA) is 59.8 Å². The van der Waals surface area contributed by atoms with E-state index in [0.717, 1.165) is 10.8 Å². The first kappa shape index (κ1) is 14.3. The minimum Gasteiger partial charge on any atom is -0.321 e. The highest BCUT2D eigenvalue weighted by molar-refractivity contribution is 7.98. The van der Waals surface area contributed by atoms with Crippen molar-refractivity contribution < 1.29 is 4.79 Å². The first-order valence-corrected chi connectivity index (χ1v) is 7.89. The normalized spacial score (nSPS) is 10.4. The molecule has 3 aromatic heterocycles. The van der Waals surface area contributed by atoms with Crippen LogP contribution in [0.3, 0.4) is 0 Å². The molecule has 0 radical (unpaired) electrons. The number of rotatable bonds is 4. The molecule has 3 aromatic rings. The molecule has 0 bridgehead atoms.